The van der Waals surface area contributed by atoms with Crippen LogP contribution in [0.1, 0.15) is 11.1 Å². The first kappa shape index (κ1) is 12.1. The van der Waals surface area contributed by atoms with E-state index >= 15 is 0 Å². The Bertz CT molecular complexity index is 539. The highest BCUT2D eigenvalue weighted by Gasteiger charge is 2.00. The van der Waals surface area contributed by atoms with E-state index in [1.165, 1.54) is 7.11 Å². The molecule has 0 radical (unpaired) electrons. The zero-order valence-corrected chi connectivity index (χ0v) is 10.1. The number of hydrogen-bond donors (Lipinski definition) is 1. The van der Waals surface area contributed by atoms with Crippen molar-refractivity contribution in [2.45, 2.75) is 6.54 Å². The van der Waals surface area contributed by atoms with Crippen molar-refractivity contribution < 1.29 is 9.84 Å². The molecular formula is C14H14N2O2. The molecule has 1 heterocycles. The number of aromatic hydroxyl groups is 1. The molecule has 92 valence electrons. The highest BCUT2D eigenvalue weighted by atomic mass is 16.5. The Morgan fingerprint density at radius 1 is 1.39 bits per heavy atom. The Hall–Kier alpha value is -2.36. The molecule has 0 spiro atoms. The molecule has 0 aliphatic rings. The number of aliphatic imine (C=N–C) groups is 1. The van der Waals surface area contributed by atoms with E-state index in [1.807, 2.05) is 12.1 Å². The molecule has 1 N–H and O–H groups in total. The number of nitrogens with zero attached hydrogens (tertiary/aromatic N) is 2. The molecule has 0 atom stereocenters. The zero-order chi connectivity index (χ0) is 12.8. The van der Waals surface area contributed by atoms with Crippen molar-refractivity contribution in [3.05, 3.63) is 53.9 Å². The van der Waals surface area contributed by atoms with Crippen LogP contribution in [0.5, 0.6) is 11.5 Å². The Labute approximate surface area is 106 Å². The lowest BCUT2D eigenvalue weighted by atomic mass is 10.2. The van der Waals surface area contributed by atoms with E-state index in [1.54, 1.807) is 36.8 Å². The summed E-state index contributed by atoms with van der Waals surface area (Å²) in [6.07, 6.45) is 5.27. The molecule has 0 unspecified atom stereocenters. The van der Waals surface area contributed by atoms with Crippen molar-refractivity contribution in [1.82, 2.24) is 4.98 Å². The van der Waals surface area contributed by atoms with Crippen molar-refractivity contribution in [2.24, 2.45) is 4.99 Å². The Kier molecular flexibility index (Phi) is 3.91. The minimum Gasteiger partial charge on any atom is -0.504 e. The van der Waals surface area contributed by atoms with Gasteiger partial charge in [0.05, 0.1) is 13.7 Å². The van der Waals surface area contributed by atoms with Gasteiger partial charge in [-0.15, -0.1) is 0 Å². The van der Waals surface area contributed by atoms with Gasteiger partial charge in [-0.1, -0.05) is 6.07 Å². The molecule has 0 bridgehead atoms. The number of ether oxygens (including phenoxy) is 1. The third-order valence-electron chi connectivity index (χ3n) is 2.44. The third kappa shape index (κ3) is 3.07. The van der Waals surface area contributed by atoms with Crippen LogP contribution in [-0.2, 0) is 6.54 Å². The van der Waals surface area contributed by atoms with Gasteiger partial charge in [-0.25, -0.2) is 0 Å². The summed E-state index contributed by atoms with van der Waals surface area (Å²) in [5.41, 5.74) is 1.94. The summed E-state index contributed by atoms with van der Waals surface area (Å²) in [7, 11) is 1.52. The van der Waals surface area contributed by atoms with Gasteiger partial charge in [0.15, 0.2) is 11.5 Å². The summed E-state index contributed by atoms with van der Waals surface area (Å²) in [6, 6.07) is 8.97. The monoisotopic (exact) mass is 242 g/mol. The van der Waals surface area contributed by atoms with Gasteiger partial charge < -0.3 is 9.84 Å². The first-order valence-electron chi connectivity index (χ1n) is 5.55. The van der Waals surface area contributed by atoms with Gasteiger partial charge in [-0.05, 0) is 35.4 Å². The van der Waals surface area contributed by atoms with Gasteiger partial charge in [0.25, 0.3) is 0 Å². The minimum atomic E-state index is 0.127. The number of hydrogen-bond acceptors (Lipinski definition) is 4. The summed E-state index contributed by atoms with van der Waals surface area (Å²) in [4.78, 5) is 8.34. The summed E-state index contributed by atoms with van der Waals surface area (Å²) < 4.78 is 5.03. The number of benzene rings is 1. The Morgan fingerprint density at radius 2 is 2.28 bits per heavy atom. The molecule has 0 aliphatic heterocycles. The predicted molar refractivity (Wildman–Crippen MR) is 70.2 cm³/mol. The lowest BCUT2D eigenvalue weighted by Crippen LogP contribution is -1.88. The molecule has 0 saturated carbocycles. The second-order valence-electron chi connectivity index (χ2n) is 3.76. The van der Waals surface area contributed by atoms with Gasteiger partial charge in [-0.3, -0.25) is 9.98 Å². The molecule has 0 amide bonds. The molecule has 18 heavy (non-hydrogen) atoms. The van der Waals surface area contributed by atoms with Crippen molar-refractivity contribution in [2.75, 3.05) is 7.11 Å². The van der Waals surface area contributed by atoms with Crippen molar-refractivity contribution >= 4 is 6.21 Å². The van der Waals surface area contributed by atoms with Gasteiger partial charge >= 0.3 is 0 Å². The van der Waals surface area contributed by atoms with Crippen LogP contribution in [0.4, 0.5) is 0 Å². The molecule has 4 heteroatoms. The van der Waals surface area contributed by atoms with Crippen molar-refractivity contribution in [3.63, 3.8) is 0 Å². The second-order valence-corrected chi connectivity index (χ2v) is 3.76. The quantitative estimate of drug-likeness (QED) is 0.838. The standard InChI is InChI=1S/C14H14N2O2/c1-18-14-7-11(4-5-13(14)17)8-16-10-12-3-2-6-15-9-12/h2-9,17H,10H2,1H3. The lowest BCUT2D eigenvalue weighted by molar-refractivity contribution is 0.373. The van der Waals surface area contributed by atoms with Crippen LogP contribution >= 0.6 is 0 Å². The van der Waals surface area contributed by atoms with E-state index in [0.717, 1.165) is 11.1 Å². The predicted octanol–water partition coefficient (Wildman–Crippen LogP) is 2.41. The minimum absolute atomic E-state index is 0.127. The molecule has 2 aromatic rings. The lowest BCUT2D eigenvalue weighted by Gasteiger charge is -2.03. The van der Waals surface area contributed by atoms with E-state index in [2.05, 4.69) is 9.98 Å². The molecule has 2 rings (SSSR count). The maximum Gasteiger partial charge on any atom is 0.161 e. The van der Waals surface area contributed by atoms with E-state index < -0.39 is 0 Å². The fourth-order valence-electron chi connectivity index (χ4n) is 1.52. The van der Waals surface area contributed by atoms with E-state index in [4.69, 9.17) is 4.74 Å². The molecule has 1 aromatic carbocycles. The van der Waals surface area contributed by atoms with Crippen LogP contribution in [0.15, 0.2) is 47.7 Å². The fourth-order valence-corrected chi connectivity index (χ4v) is 1.52. The summed E-state index contributed by atoms with van der Waals surface area (Å²) in [5, 5.41) is 9.46. The Morgan fingerprint density at radius 3 is 3.00 bits per heavy atom. The Balaban J connectivity index is 2.05. The van der Waals surface area contributed by atoms with Crippen LogP contribution in [0.25, 0.3) is 0 Å². The molecular weight excluding hydrogens is 228 g/mol. The molecule has 0 fully saturated rings. The number of aromatic nitrogens is 1. The highest BCUT2D eigenvalue weighted by Crippen LogP contribution is 2.25. The molecule has 0 aliphatic carbocycles. The maximum absolute atomic E-state index is 9.46. The molecule has 1 aromatic heterocycles. The SMILES string of the molecule is COc1cc(C=NCc2cccnc2)ccc1O. The first-order chi connectivity index (χ1) is 8.79. The third-order valence-corrected chi connectivity index (χ3v) is 2.44. The van der Waals surface area contributed by atoms with E-state index in [-0.39, 0.29) is 5.75 Å². The zero-order valence-electron chi connectivity index (χ0n) is 10.1. The van der Waals surface area contributed by atoms with Gasteiger partial charge in [0.1, 0.15) is 0 Å². The molecule has 0 saturated heterocycles. The van der Waals surface area contributed by atoms with Crippen molar-refractivity contribution in [1.29, 1.82) is 0 Å². The number of phenolic OH excluding ortho intramolecular Hbond substituents is 1. The first-order valence-corrected chi connectivity index (χ1v) is 5.55. The van der Waals surface area contributed by atoms with E-state index in [9.17, 15) is 5.11 Å². The van der Waals surface area contributed by atoms with E-state index in [0.29, 0.717) is 12.3 Å². The number of rotatable bonds is 4. The smallest absolute Gasteiger partial charge is 0.161 e. The second kappa shape index (κ2) is 5.82. The van der Waals surface area contributed by atoms with Crippen LogP contribution in [0.2, 0.25) is 0 Å². The number of phenols is 1. The van der Waals surface area contributed by atoms with Gasteiger partial charge in [-0.2, -0.15) is 0 Å². The van der Waals surface area contributed by atoms with Crippen LogP contribution in [0, 0.1) is 0 Å². The maximum atomic E-state index is 9.46. The largest absolute Gasteiger partial charge is 0.504 e. The van der Waals surface area contributed by atoms with Crippen LogP contribution in [0.3, 0.4) is 0 Å². The molecule has 4 nitrogen and oxygen atoms in total. The summed E-state index contributed by atoms with van der Waals surface area (Å²) in [6.45, 7) is 0.580. The summed E-state index contributed by atoms with van der Waals surface area (Å²) in [5.74, 6) is 0.572. The van der Waals surface area contributed by atoms with Crippen molar-refractivity contribution in [3.8, 4) is 11.5 Å². The fraction of sp³-hybridized carbons (Fsp3) is 0.143. The average Bonchev–Trinajstić information content (AvgIpc) is 2.42. The number of methoxy groups -OCH3 is 1. The van der Waals surface area contributed by atoms with Gasteiger partial charge in [0.2, 0.25) is 0 Å². The van der Waals surface area contributed by atoms with Crippen LogP contribution in [-0.4, -0.2) is 23.4 Å². The topological polar surface area (TPSA) is 54.7 Å². The van der Waals surface area contributed by atoms with Gasteiger partial charge in [0, 0.05) is 18.6 Å². The average molecular weight is 242 g/mol. The van der Waals surface area contributed by atoms with Crippen LogP contribution < -0.4 is 4.74 Å². The highest BCUT2D eigenvalue weighted by molar-refractivity contribution is 5.80. The number of pyridine rings is 1. The summed E-state index contributed by atoms with van der Waals surface area (Å²) >= 11 is 0. The normalized spacial score (nSPS) is 10.7.